The van der Waals surface area contributed by atoms with Crippen LogP contribution in [0.2, 0.25) is 0 Å². The van der Waals surface area contributed by atoms with E-state index in [0.717, 1.165) is 22.3 Å². The number of benzene rings is 1. The molecular weight excluding hydrogens is 294 g/mol. The topological polar surface area (TPSA) is 35.2 Å². The zero-order valence-corrected chi connectivity index (χ0v) is 14.5. The molecule has 0 aliphatic heterocycles. The van der Waals surface area contributed by atoms with Gasteiger partial charge in [0.25, 0.3) is 0 Å². The summed E-state index contributed by atoms with van der Waals surface area (Å²) < 4.78 is 5.82. The molecule has 0 aliphatic rings. The Morgan fingerprint density at radius 2 is 1.95 bits per heavy atom. The Kier molecular flexibility index (Phi) is 7.00. The van der Waals surface area contributed by atoms with Crippen LogP contribution < -0.4 is 5.73 Å². The third kappa shape index (κ3) is 4.81. The molecule has 1 aromatic rings. The lowest BCUT2D eigenvalue weighted by Crippen LogP contribution is -2.07. The molecule has 1 rings (SSSR count). The highest BCUT2D eigenvalue weighted by atomic mass is 35.5. The Morgan fingerprint density at radius 1 is 1.27 bits per heavy atom. The molecule has 0 radical (unpaired) electrons. The van der Waals surface area contributed by atoms with Gasteiger partial charge in [0, 0.05) is 5.03 Å². The van der Waals surface area contributed by atoms with Crippen LogP contribution in [0.25, 0.3) is 5.57 Å². The van der Waals surface area contributed by atoms with E-state index in [4.69, 9.17) is 22.1 Å². The molecule has 22 heavy (non-hydrogen) atoms. The number of rotatable bonds is 6. The minimum Gasteiger partial charge on any atom is -0.487 e. The highest BCUT2D eigenvalue weighted by Gasteiger charge is 2.06. The molecule has 0 saturated carbocycles. The van der Waals surface area contributed by atoms with Crippen LogP contribution in [0.4, 0.5) is 0 Å². The van der Waals surface area contributed by atoms with Gasteiger partial charge >= 0.3 is 0 Å². The van der Waals surface area contributed by atoms with E-state index < -0.39 is 0 Å². The van der Waals surface area contributed by atoms with Gasteiger partial charge in [0.2, 0.25) is 0 Å². The highest BCUT2D eigenvalue weighted by Crippen LogP contribution is 2.25. The maximum atomic E-state index is 6.13. The molecule has 1 aromatic carbocycles. The SMILES string of the molecule is C=C(/C(Cl)=C\C)c1cccc(CO/C(=C/C)C(N)=C(C)C)c1. The lowest BCUT2D eigenvalue weighted by atomic mass is 10.0. The fraction of sp³-hybridized carbons (Fsp3) is 0.263. The maximum Gasteiger partial charge on any atom is 0.138 e. The van der Waals surface area contributed by atoms with Crippen molar-refractivity contribution in [3.05, 3.63) is 76.2 Å². The summed E-state index contributed by atoms with van der Waals surface area (Å²) in [7, 11) is 0. The molecule has 0 heterocycles. The third-order valence-electron chi connectivity index (χ3n) is 3.28. The van der Waals surface area contributed by atoms with Crippen molar-refractivity contribution in [3.8, 4) is 0 Å². The van der Waals surface area contributed by atoms with Crippen molar-refractivity contribution >= 4 is 17.2 Å². The molecule has 0 atom stereocenters. The lowest BCUT2D eigenvalue weighted by molar-refractivity contribution is 0.205. The standard InChI is InChI=1S/C19H24ClNO/c1-6-17(20)14(5)16-10-8-9-15(11-16)12-22-18(7-2)19(21)13(3)4/h6-11H,5,12,21H2,1-4H3/b17-6+,18-7+. The van der Waals surface area contributed by atoms with Crippen LogP contribution in [-0.2, 0) is 11.3 Å². The average molecular weight is 318 g/mol. The van der Waals surface area contributed by atoms with Crippen molar-refractivity contribution in [1.29, 1.82) is 0 Å². The molecule has 0 aliphatic carbocycles. The molecule has 0 amide bonds. The van der Waals surface area contributed by atoms with Gasteiger partial charge in [-0.3, -0.25) is 0 Å². The summed E-state index contributed by atoms with van der Waals surface area (Å²) >= 11 is 6.13. The molecular formula is C19H24ClNO. The fourth-order valence-electron chi connectivity index (χ4n) is 1.89. The maximum absolute atomic E-state index is 6.13. The van der Waals surface area contributed by atoms with Gasteiger partial charge in [-0.15, -0.1) is 0 Å². The van der Waals surface area contributed by atoms with Crippen molar-refractivity contribution < 1.29 is 4.74 Å². The quantitative estimate of drug-likeness (QED) is 0.554. The zero-order valence-electron chi connectivity index (χ0n) is 13.7. The summed E-state index contributed by atoms with van der Waals surface area (Å²) in [6, 6.07) is 7.99. The van der Waals surface area contributed by atoms with E-state index in [2.05, 4.69) is 6.58 Å². The van der Waals surface area contributed by atoms with Crippen LogP contribution in [0, 0.1) is 0 Å². The molecule has 2 N–H and O–H groups in total. The zero-order chi connectivity index (χ0) is 16.7. The number of ether oxygens (including phenoxy) is 1. The van der Waals surface area contributed by atoms with Crippen LogP contribution in [0.3, 0.4) is 0 Å². The summed E-state index contributed by atoms with van der Waals surface area (Å²) in [6.45, 7) is 12.2. The normalized spacial score (nSPS) is 12.0. The average Bonchev–Trinajstić information content (AvgIpc) is 2.53. The monoisotopic (exact) mass is 317 g/mol. The van der Waals surface area contributed by atoms with E-state index in [1.165, 1.54) is 0 Å². The first-order valence-corrected chi connectivity index (χ1v) is 7.61. The molecule has 118 valence electrons. The lowest BCUT2D eigenvalue weighted by Gasteiger charge is -2.13. The molecule has 2 nitrogen and oxygen atoms in total. The Labute approximate surface area is 138 Å². The van der Waals surface area contributed by atoms with Crippen molar-refractivity contribution in [1.82, 2.24) is 0 Å². The second kappa shape index (κ2) is 8.50. The van der Waals surface area contributed by atoms with E-state index in [0.29, 0.717) is 23.1 Å². The second-order valence-corrected chi connectivity index (χ2v) is 5.58. The summed E-state index contributed by atoms with van der Waals surface area (Å²) in [5.41, 5.74) is 10.6. The summed E-state index contributed by atoms with van der Waals surface area (Å²) in [5.74, 6) is 0.704. The van der Waals surface area contributed by atoms with Gasteiger partial charge in [0.1, 0.15) is 12.4 Å². The minimum absolute atomic E-state index is 0.447. The first kappa shape index (κ1) is 18.1. The van der Waals surface area contributed by atoms with Gasteiger partial charge in [0.15, 0.2) is 0 Å². The number of hydrogen-bond acceptors (Lipinski definition) is 2. The molecule has 0 bridgehead atoms. The molecule has 3 heteroatoms. The van der Waals surface area contributed by atoms with Gasteiger partial charge in [-0.2, -0.15) is 0 Å². The second-order valence-electron chi connectivity index (χ2n) is 5.17. The van der Waals surface area contributed by atoms with Gasteiger partial charge < -0.3 is 10.5 Å². The molecule has 0 saturated heterocycles. The van der Waals surface area contributed by atoms with E-state index in [1.54, 1.807) is 0 Å². The smallest absolute Gasteiger partial charge is 0.138 e. The molecule has 0 fully saturated rings. The Hall–Kier alpha value is -1.93. The Morgan fingerprint density at radius 3 is 2.50 bits per heavy atom. The van der Waals surface area contributed by atoms with Gasteiger partial charge in [-0.25, -0.2) is 0 Å². The van der Waals surface area contributed by atoms with Crippen LogP contribution in [0.1, 0.15) is 38.8 Å². The third-order valence-corrected chi connectivity index (χ3v) is 3.72. The van der Waals surface area contributed by atoms with Crippen LogP contribution in [-0.4, -0.2) is 0 Å². The summed E-state index contributed by atoms with van der Waals surface area (Å²) in [5, 5.41) is 0.654. The first-order valence-electron chi connectivity index (χ1n) is 7.23. The fourth-order valence-corrected chi connectivity index (χ4v) is 1.99. The van der Waals surface area contributed by atoms with Gasteiger partial charge in [-0.1, -0.05) is 42.5 Å². The van der Waals surface area contributed by atoms with Crippen LogP contribution in [0.15, 0.2) is 65.1 Å². The van der Waals surface area contributed by atoms with Crippen molar-refractivity contribution in [2.75, 3.05) is 0 Å². The van der Waals surface area contributed by atoms with Crippen molar-refractivity contribution in [2.24, 2.45) is 5.73 Å². The largest absolute Gasteiger partial charge is 0.487 e. The van der Waals surface area contributed by atoms with Gasteiger partial charge in [0.05, 0.1) is 5.70 Å². The predicted molar refractivity (Wildman–Crippen MR) is 96.2 cm³/mol. The van der Waals surface area contributed by atoms with E-state index in [-0.39, 0.29) is 0 Å². The van der Waals surface area contributed by atoms with Crippen LogP contribution in [0.5, 0.6) is 0 Å². The predicted octanol–water partition coefficient (Wildman–Crippen LogP) is 5.52. The Balaban J connectivity index is 2.88. The molecule has 0 spiro atoms. The number of hydrogen-bond donors (Lipinski definition) is 1. The van der Waals surface area contributed by atoms with E-state index in [1.807, 2.05) is 64.1 Å². The van der Waals surface area contributed by atoms with E-state index in [9.17, 15) is 0 Å². The van der Waals surface area contributed by atoms with Crippen LogP contribution >= 0.6 is 11.6 Å². The first-order chi connectivity index (χ1) is 10.4. The van der Waals surface area contributed by atoms with Gasteiger partial charge in [-0.05, 0) is 62.1 Å². The minimum atomic E-state index is 0.447. The number of nitrogens with two attached hydrogens (primary N) is 1. The number of halogens is 1. The molecule has 0 unspecified atom stereocenters. The van der Waals surface area contributed by atoms with Crippen molar-refractivity contribution in [2.45, 2.75) is 34.3 Å². The highest BCUT2D eigenvalue weighted by molar-refractivity contribution is 6.36. The van der Waals surface area contributed by atoms with E-state index >= 15 is 0 Å². The summed E-state index contributed by atoms with van der Waals surface area (Å²) in [4.78, 5) is 0. The Bertz CT molecular complexity index is 635. The number of allylic oxidation sites excluding steroid dienone is 5. The summed E-state index contributed by atoms with van der Waals surface area (Å²) in [6.07, 6.45) is 3.71. The molecule has 0 aromatic heterocycles. The van der Waals surface area contributed by atoms with Crippen molar-refractivity contribution in [3.63, 3.8) is 0 Å².